The second-order valence-corrected chi connectivity index (χ2v) is 11.7. The number of Topliss-reactive ketones (excluding diaryl/α,β-unsaturated/α-hetero) is 1. The van der Waals surface area contributed by atoms with E-state index in [1.807, 2.05) is 0 Å². The van der Waals surface area contributed by atoms with Gasteiger partial charge in [-0.1, -0.05) is 121 Å². The number of carbonyl (C=O) groups excluding carboxylic acids is 1. The minimum atomic E-state index is 0.536. The molecule has 1 fully saturated rings. The molecular weight excluding hydrogens is 454 g/mol. The van der Waals surface area contributed by atoms with E-state index in [0.29, 0.717) is 18.3 Å². The minimum absolute atomic E-state index is 0.536. The van der Waals surface area contributed by atoms with Crippen LogP contribution in [0, 0.1) is 5.92 Å². The van der Waals surface area contributed by atoms with Crippen LogP contribution in [0.5, 0.6) is 5.75 Å². The number of carbonyl (C=O) groups is 1. The average Bonchev–Trinajstić information content (AvgIpc) is 2.90. The lowest BCUT2D eigenvalue weighted by Crippen LogP contribution is -2.11. The maximum Gasteiger partial charge on any atom is 0.133 e. The van der Waals surface area contributed by atoms with Gasteiger partial charge in [0.25, 0.3) is 0 Å². The fourth-order valence-corrected chi connectivity index (χ4v) is 5.48. The van der Waals surface area contributed by atoms with Crippen molar-refractivity contribution in [2.75, 3.05) is 27.2 Å². The fourth-order valence-electron chi connectivity index (χ4n) is 5.48. The van der Waals surface area contributed by atoms with E-state index in [0.717, 1.165) is 31.6 Å². The number of nitrogens with zero attached hydrogens (tertiary/aromatic N) is 1. The number of hydrogen-bond donors (Lipinski definition) is 0. The van der Waals surface area contributed by atoms with E-state index >= 15 is 0 Å². The zero-order valence-electron chi connectivity index (χ0n) is 24.4. The molecule has 0 spiro atoms. The Balaban J connectivity index is 1.32. The van der Waals surface area contributed by atoms with Gasteiger partial charge >= 0.3 is 0 Å². The standard InChI is InChI=1S/C34H57NO2/c1-35(2)28-18-19-29-37-34-26-24-31(25-27-34)20-14-11-9-7-5-3-4-6-8-10-12-17-23-33(36)30-32-21-15-13-16-22-32/h18-19,24-27,32H,3-17,20-23,28-30H2,1-2H3/b19-18+. The summed E-state index contributed by atoms with van der Waals surface area (Å²) in [5, 5.41) is 0. The second kappa shape index (κ2) is 21.3. The molecular formula is C34H57NO2. The van der Waals surface area contributed by atoms with Crippen LogP contribution in [0.2, 0.25) is 0 Å². The molecule has 2 rings (SSSR count). The highest BCUT2D eigenvalue weighted by Crippen LogP contribution is 2.27. The van der Waals surface area contributed by atoms with Crippen LogP contribution in [0.15, 0.2) is 36.4 Å². The first-order chi connectivity index (χ1) is 18.1. The Morgan fingerprint density at radius 3 is 1.95 bits per heavy atom. The Kier molecular flexibility index (Phi) is 18.2. The third kappa shape index (κ3) is 17.5. The lowest BCUT2D eigenvalue weighted by Gasteiger charge is -2.20. The Hall–Kier alpha value is -1.61. The smallest absolute Gasteiger partial charge is 0.133 e. The predicted octanol–water partition coefficient (Wildman–Crippen LogP) is 9.34. The molecule has 0 aromatic heterocycles. The number of rotatable bonds is 22. The summed E-state index contributed by atoms with van der Waals surface area (Å²) >= 11 is 0. The summed E-state index contributed by atoms with van der Waals surface area (Å²) in [5.74, 6) is 2.21. The zero-order valence-corrected chi connectivity index (χ0v) is 24.4. The van der Waals surface area contributed by atoms with E-state index in [1.165, 1.54) is 115 Å². The van der Waals surface area contributed by atoms with Crippen LogP contribution >= 0.6 is 0 Å². The second-order valence-electron chi connectivity index (χ2n) is 11.7. The van der Waals surface area contributed by atoms with E-state index in [1.54, 1.807) is 0 Å². The van der Waals surface area contributed by atoms with Crippen molar-refractivity contribution in [3.63, 3.8) is 0 Å². The number of likely N-dealkylation sites (N-methyl/N-ethyl adjacent to an activating group) is 1. The van der Waals surface area contributed by atoms with Gasteiger partial charge in [-0.05, 0) is 57.0 Å². The molecule has 0 amide bonds. The van der Waals surface area contributed by atoms with Crippen LogP contribution < -0.4 is 4.74 Å². The fraction of sp³-hybridized carbons (Fsp3) is 0.735. The van der Waals surface area contributed by atoms with Gasteiger partial charge in [-0.15, -0.1) is 0 Å². The third-order valence-corrected chi connectivity index (χ3v) is 7.82. The number of ether oxygens (including phenoxy) is 1. The number of benzene rings is 1. The van der Waals surface area contributed by atoms with E-state index in [2.05, 4.69) is 55.4 Å². The normalized spacial score (nSPS) is 14.6. The Bertz CT molecular complexity index is 703. The Morgan fingerprint density at radius 1 is 0.784 bits per heavy atom. The van der Waals surface area contributed by atoms with Crippen molar-refractivity contribution in [3.05, 3.63) is 42.0 Å². The molecule has 0 N–H and O–H groups in total. The highest BCUT2D eigenvalue weighted by molar-refractivity contribution is 5.78. The van der Waals surface area contributed by atoms with E-state index in [4.69, 9.17) is 4.74 Å². The molecule has 210 valence electrons. The van der Waals surface area contributed by atoms with E-state index in [-0.39, 0.29) is 0 Å². The zero-order chi connectivity index (χ0) is 26.4. The van der Waals surface area contributed by atoms with Crippen LogP contribution in [0.1, 0.15) is 128 Å². The van der Waals surface area contributed by atoms with Crippen molar-refractivity contribution in [3.8, 4) is 5.75 Å². The molecule has 3 heteroatoms. The van der Waals surface area contributed by atoms with Gasteiger partial charge in [-0.2, -0.15) is 0 Å². The first-order valence-corrected chi connectivity index (χ1v) is 15.7. The van der Waals surface area contributed by atoms with Gasteiger partial charge in [0.1, 0.15) is 18.1 Å². The molecule has 1 aromatic rings. The highest BCUT2D eigenvalue weighted by atomic mass is 16.5. The molecule has 0 saturated heterocycles. The van der Waals surface area contributed by atoms with Gasteiger partial charge < -0.3 is 9.64 Å². The van der Waals surface area contributed by atoms with Gasteiger partial charge in [0.05, 0.1) is 0 Å². The average molecular weight is 512 g/mol. The molecule has 37 heavy (non-hydrogen) atoms. The molecule has 0 atom stereocenters. The SMILES string of the molecule is CN(C)C/C=C/COc1ccc(CCCCCCCCCCCCCCC(=O)CC2CCCCC2)cc1. The number of aryl methyl sites for hydroxylation is 1. The van der Waals surface area contributed by atoms with Gasteiger partial charge in [0.15, 0.2) is 0 Å². The van der Waals surface area contributed by atoms with Crippen LogP contribution in [0.3, 0.4) is 0 Å². The molecule has 0 unspecified atom stereocenters. The van der Waals surface area contributed by atoms with Crippen molar-refractivity contribution in [2.24, 2.45) is 5.92 Å². The molecule has 1 saturated carbocycles. The summed E-state index contributed by atoms with van der Waals surface area (Å²) in [6.45, 7) is 1.59. The molecule has 1 aliphatic carbocycles. The van der Waals surface area contributed by atoms with Crippen molar-refractivity contribution >= 4 is 5.78 Å². The molecule has 0 aliphatic heterocycles. The maximum atomic E-state index is 12.2. The first-order valence-electron chi connectivity index (χ1n) is 15.7. The monoisotopic (exact) mass is 511 g/mol. The number of ketones is 1. The molecule has 0 bridgehead atoms. The van der Waals surface area contributed by atoms with Crippen LogP contribution in [0.4, 0.5) is 0 Å². The van der Waals surface area contributed by atoms with Gasteiger partial charge in [0, 0.05) is 19.4 Å². The van der Waals surface area contributed by atoms with Crippen molar-refractivity contribution < 1.29 is 9.53 Å². The number of hydrogen-bond acceptors (Lipinski definition) is 3. The Morgan fingerprint density at radius 2 is 1.35 bits per heavy atom. The van der Waals surface area contributed by atoms with Gasteiger partial charge in [-0.3, -0.25) is 4.79 Å². The molecule has 1 aromatic carbocycles. The summed E-state index contributed by atoms with van der Waals surface area (Å²) in [7, 11) is 4.14. The molecule has 3 nitrogen and oxygen atoms in total. The van der Waals surface area contributed by atoms with Gasteiger partial charge in [-0.25, -0.2) is 0 Å². The van der Waals surface area contributed by atoms with Crippen LogP contribution in [0.25, 0.3) is 0 Å². The summed E-state index contributed by atoms with van der Waals surface area (Å²) in [6, 6.07) is 8.64. The number of unbranched alkanes of at least 4 members (excludes halogenated alkanes) is 11. The summed E-state index contributed by atoms with van der Waals surface area (Å²) in [5.41, 5.74) is 1.42. The van der Waals surface area contributed by atoms with Crippen molar-refractivity contribution in [1.29, 1.82) is 0 Å². The van der Waals surface area contributed by atoms with Crippen LogP contribution in [-0.4, -0.2) is 37.9 Å². The topological polar surface area (TPSA) is 29.5 Å². The largest absolute Gasteiger partial charge is 0.490 e. The van der Waals surface area contributed by atoms with Crippen molar-refractivity contribution in [1.82, 2.24) is 4.90 Å². The molecule has 1 aliphatic rings. The van der Waals surface area contributed by atoms with Crippen molar-refractivity contribution in [2.45, 2.75) is 128 Å². The predicted molar refractivity (Wildman–Crippen MR) is 160 cm³/mol. The molecule has 0 radical (unpaired) electrons. The van der Waals surface area contributed by atoms with E-state index < -0.39 is 0 Å². The lowest BCUT2D eigenvalue weighted by atomic mass is 9.85. The summed E-state index contributed by atoms with van der Waals surface area (Å²) in [6.07, 6.45) is 29.8. The Labute approximate surface area is 229 Å². The third-order valence-electron chi connectivity index (χ3n) is 7.82. The highest BCUT2D eigenvalue weighted by Gasteiger charge is 2.16. The summed E-state index contributed by atoms with van der Waals surface area (Å²) < 4.78 is 5.78. The first kappa shape index (κ1) is 31.6. The quantitative estimate of drug-likeness (QED) is 0.115. The van der Waals surface area contributed by atoms with Gasteiger partial charge in [0.2, 0.25) is 0 Å². The molecule has 0 heterocycles. The van der Waals surface area contributed by atoms with E-state index in [9.17, 15) is 4.79 Å². The minimum Gasteiger partial charge on any atom is -0.490 e. The maximum absolute atomic E-state index is 12.2. The van der Waals surface area contributed by atoms with Crippen LogP contribution in [-0.2, 0) is 11.2 Å². The lowest BCUT2D eigenvalue weighted by molar-refractivity contribution is -0.120. The summed E-state index contributed by atoms with van der Waals surface area (Å²) in [4.78, 5) is 14.3.